The molecule has 5 nitrogen and oxygen atoms in total. The highest BCUT2D eigenvalue weighted by molar-refractivity contribution is 7.99. The number of benzene rings is 1. The fourth-order valence-corrected chi connectivity index (χ4v) is 3.17. The van der Waals surface area contributed by atoms with Gasteiger partial charge in [0.15, 0.2) is 11.0 Å². The molecular formula is C16H24N4OS. The molecule has 0 fully saturated rings. The zero-order chi connectivity index (χ0) is 15.9. The molecule has 0 N–H and O–H groups in total. The normalized spacial score (nSPS) is 11.3. The Morgan fingerprint density at radius 3 is 2.77 bits per heavy atom. The van der Waals surface area contributed by atoms with Gasteiger partial charge in [-0.1, -0.05) is 35.5 Å². The molecule has 0 saturated carbocycles. The van der Waals surface area contributed by atoms with Gasteiger partial charge in [-0.2, -0.15) is 0 Å². The summed E-state index contributed by atoms with van der Waals surface area (Å²) in [5.74, 6) is 1.90. The van der Waals surface area contributed by atoms with E-state index in [-0.39, 0.29) is 0 Å². The first kappa shape index (κ1) is 17.0. The summed E-state index contributed by atoms with van der Waals surface area (Å²) in [6, 6.07) is 8.36. The van der Waals surface area contributed by atoms with E-state index in [1.807, 2.05) is 0 Å². The minimum Gasteiger partial charge on any atom is -0.383 e. The fraction of sp³-hybridized carbons (Fsp3) is 0.500. The monoisotopic (exact) mass is 320 g/mol. The number of aromatic nitrogens is 3. The van der Waals surface area contributed by atoms with Crippen LogP contribution < -0.4 is 0 Å². The summed E-state index contributed by atoms with van der Waals surface area (Å²) < 4.78 is 7.38. The summed E-state index contributed by atoms with van der Waals surface area (Å²) in [6.45, 7) is 4.52. The van der Waals surface area contributed by atoms with Crippen molar-refractivity contribution < 1.29 is 4.74 Å². The van der Waals surface area contributed by atoms with Crippen molar-refractivity contribution in [3.63, 3.8) is 0 Å². The van der Waals surface area contributed by atoms with Crippen LogP contribution in [0.3, 0.4) is 0 Å². The van der Waals surface area contributed by atoms with Crippen LogP contribution in [0.1, 0.15) is 5.56 Å². The lowest BCUT2D eigenvalue weighted by Crippen LogP contribution is -2.15. The second-order valence-electron chi connectivity index (χ2n) is 5.47. The molecule has 2 rings (SSSR count). The van der Waals surface area contributed by atoms with E-state index in [4.69, 9.17) is 4.74 Å². The lowest BCUT2D eigenvalue weighted by molar-refractivity contribution is 0.185. The summed E-state index contributed by atoms with van der Waals surface area (Å²) in [4.78, 5) is 2.17. The fourth-order valence-electron chi connectivity index (χ4n) is 2.10. The Bertz CT molecular complexity index is 598. The van der Waals surface area contributed by atoms with Crippen LogP contribution in [0.2, 0.25) is 0 Å². The van der Waals surface area contributed by atoms with Gasteiger partial charge in [0.05, 0.1) is 13.2 Å². The van der Waals surface area contributed by atoms with Crippen molar-refractivity contribution in [3.8, 4) is 11.4 Å². The Kier molecular flexibility index (Phi) is 6.42. The van der Waals surface area contributed by atoms with Crippen LogP contribution in [-0.4, -0.2) is 59.8 Å². The van der Waals surface area contributed by atoms with Gasteiger partial charge >= 0.3 is 0 Å². The molecule has 22 heavy (non-hydrogen) atoms. The van der Waals surface area contributed by atoms with Crippen molar-refractivity contribution in [2.75, 3.05) is 40.1 Å². The molecule has 1 aromatic carbocycles. The van der Waals surface area contributed by atoms with Crippen molar-refractivity contribution in [2.24, 2.45) is 0 Å². The molecule has 0 atom stereocenters. The van der Waals surface area contributed by atoms with Gasteiger partial charge in [-0.15, -0.1) is 10.2 Å². The molecule has 120 valence electrons. The summed E-state index contributed by atoms with van der Waals surface area (Å²) in [5.41, 5.74) is 2.32. The van der Waals surface area contributed by atoms with Crippen molar-refractivity contribution in [1.82, 2.24) is 19.7 Å². The van der Waals surface area contributed by atoms with E-state index in [0.717, 1.165) is 35.4 Å². The SMILES string of the molecule is COCCn1c(SCCN(C)C)nnc1-c1cccc(C)c1. The molecule has 2 aromatic rings. The first-order valence-electron chi connectivity index (χ1n) is 7.38. The van der Waals surface area contributed by atoms with Crippen molar-refractivity contribution >= 4 is 11.8 Å². The zero-order valence-electron chi connectivity index (χ0n) is 13.7. The third kappa shape index (κ3) is 4.56. The minimum atomic E-state index is 0.651. The molecule has 0 amide bonds. The number of rotatable bonds is 8. The van der Waals surface area contributed by atoms with Gasteiger partial charge in [0.2, 0.25) is 0 Å². The molecule has 0 spiro atoms. The lowest BCUT2D eigenvalue weighted by Gasteiger charge is -2.11. The Balaban J connectivity index is 2.23. The van der Waals surface area contributed by atoms with Gasteiger partial charge in [0.25, 0.3) is 0 Å². The van der Waals surface area contributed by atoms with Crippen molar-refractivity contribution in [3.05, 3.63) is 29.8 Å². The third-order valence-electron chi connectivity index (χ3n) is 3.28. The molecule has 1 aromatic heterocycles. The van der Waals surface area contributed by atoms with Crippen molar-refractivity contribution in [1.29, 1.82) is 0 Å². The summed E-state index contributed by atoms with van der Waals surface area (Å²) >= 11 is 1.74. The molecule has 0 unspecified atom stereocenters. The highest BCUT2D eigenvalue weighted by Gasteiger charge is 2.14. The molecule has 0 aliphatic heterocycles. The van der Waals surface area contributed by atoms with E-state index in [9.17, 15) is 0 Å². The van der Waals surface area contributed by atoms with Gasteiger partial charge in [-0.25, -0.2) is 0 Å². The Morgan fingerprint density at radius 1 is 1.27 bits per heavy atom. The van der Waals surface area contributed by atoms with E-state index < -0.39 is 0 Å². The van der Waals surface area contributed by atoms with Gasteiger partial charge in [0, 0.05) is 25.0 Å². The van der Waals surface area contributed by atoms with Gasteiger partial charge < -0.3 is 9.64 Å². The first-order chi connectivity index (χ1) is 10.6. The number of ether oxygens (including phenoxy) is 1. The summed E-state index contributed by atoms with van der Waals surface area (Å²) in [7, 11) is 5.87. The van der Waals surface area contributed by atoms with Crippen LogP contribution in [0.15, 0.2) is 29.4 Å². The van der Waals surface area contributed by atoms with Gasteiger partial charge in [0.1, 0.15) is 0 Å². The molecule has 0 saturated heterocycles. The van der Waals surface area contributed by atoms with Crippen LogP contribution in [-0.2, 0) is 11.3 Å². The van der Waals surface area contributed by atoms with Crippen LogP contribution in [0.5, 0.6) is 0 Å². The highest BCUT2D eigenvalue weighted by Crippen LogP contribution is 2.24. The Hall–Kier alpha value is -1.37. The predicted molar refractivity (Wildman–Crippen MR) is 91.3 cm³/mol. The predicted octanol–water partition coefficient (Wildman–Crippen LogP) is 2.55. The average molecular weight is 320 g/mol. The minimum absolute atomic E-state index is 0.651. The molecule has 0 aliphatic rings. The number of methoxy groups -OCH3 is 1. The summed E-state index contributed by atoms with van der Waals surface area (Å²) in [5, 5.41) is 9.73. The molecule has 0 radical (unpaired) electrons. The second-order valence-corrected chi connectivity index (χ2v) is 6.53. The molecule has 0 aliphatic carbocycles. The zero-order valence-corrected chi connectivity index (χ0v) is 14.6. The average Bonchev–Trinajstić information content (AvgIpc) is 2.87. The van der Waals surface area contributed by atoms with E-state index in [2.05, 4.69) is 64.9 Å². The van der Waals surface area contributed by atoms with Crippen LogP contribution in [0.25, 0.3) is 11.4 Å². The van der Waals surface area contributed by atoms with E-state index in [1.54, 1.807) is 18.9 Å². The first-order valence-corrected chi connectivity index (χ1v) is 8.37. The number of aryl methyl sites for hydroxylation is 1. The summed E-state index contributed by atoms with van der Waals surface area (Å²) in [6.07, 6.45) is 0. The van der Waals surface area contributed by atoms with Crippen LogP contribution >= 0.6 is 11.8 Å². The molecule has 6 heteroatoms. The van der Waals surface area contributed by atoms with Gasteiger partial charge in [-0.3, -0.25) is 4.57 Å². The van der Waals surface area contributed by atoms with E-state index in [0.29, 0.717) is 6.61 Å². The van der Waals surface area contributed by atoms with E-state index >= 15 is 0 Å². The van der Waals surface area contributed by atoms with Crippen LogP contribution in [0, 0.1) is 6.92 Å². The van der Waals surface area contributed by atoms with Gasteiger partial charge in [-0.05, 0) is 27.1 Å². The molecule has 0 bridgehead atoms. The second kappa shape index (κ2) is 8.31. The van der Waals surface area contributed by atoms with Crippen LogP contribution in [0.4, 0.5) is 0 Å². The van der Waals surface area contributed by atoms with E-state index in [1.165, 1.54) is 5.56 Å². The number of nitrogens with zero attached hydrogens (tertiary/aromatic N) is 4. The quantitative estimate of drug-likeness (QED) is 0.699. The maximum atomic E-state index is 5.23. The topological polar surface area (TPSA) is 43.2 Å². The maximum Gasteiger partial charge on any atom is 0.191 e. The number of hydrogen-bond donors (Lipinski definition) is 0. The molecular weight excluding hydrogens is 296 g/mol. The Morgan fingerprint density at radius 2 is 2.09 bits per heavy atom. The third-order valence-corrected chi connectivity index (χ3v) is 4.23. The standard InChI is InChI=1S/C16H24N4OS/c1-13-6-5-7-14(12-13)15-17-18-16(20(15)8-10-21-4)22-11-9-19(2)3/h5-7,12H,8-11H2,1-4H3. The Labute approximate surface area is 136 Å². The number of hydrogen-bond acceptors (Lipinski definition) is 5. The largest absolute Gasteiger partial charge is 0.383 e. The smallest absolute Gasteiger partial charge is 0.191 e. The van der Waals surface area contributed by atoms with Crippen molar-refractivity contribution in [2.45, 2.75) is 18.6 Å². The lowest BCUT2D eigenvalue weighted by atomic mass is 10.1. The number of thioether (sulfide) groups is 1. The highest BCUT2D eigenvalue weighted by atomic mass is 32.2. The molecule has 1 heterocycles. The maximum absolute atomic E-state index is 5.23.